The summed E-state index contributed by atoms with van der Waals surface area (Å²) in [6, 6.07) is 14.7. The zero-order valence-electron chi connectivity index (χ0n) is 12.2. The number of anilines is 2. The SMILES string of the molecule is Cc1cccc(NCC2CCN(c3ccc(Br)cc3)C2)n1. The molecule has 1 fully saturated rings. The van der Waals surface area contributed by atoms with Crippen LogP contribution in [0, 0.1) is 12.8 Å². The van der Waals surface area contributed by atoms with Crippen molar-refractivity contribution in [2.24, 2.45) is 5.92 Å². The van der Waals surface area contributed by atoms with Gasteiger partial charge < -0.3 is 10.2 Å². The first kappa shape index (κ1) is 14.4. The van der Waals surface area contributed by atoms with E-state index in [0.29, 0.717) is 5.92 Å². The van der Waals surface area contributed by atoms with Gasteiger partial charge in [0.2, 0.25) is 0 Å². The van der Waals surface area contributed by atoms with E-state index >= 15 is 0 Å². The monoisotopic (exact) mass is 345 g/mol. The zero-order chi connectivity index (χ0) is 14.7. The van der Waals surface area contributed by atoms with Crippen LogP contribution in [0.15, 0.2) is 46.9 Å². The fraction of sp³-hybridized carbons (Fsp3) is 0.353. The number of benzene rings is 1. The molecule has 1 saturated heterocycles. The van der Waals surface area contributed by atoms with E-state index in [1.54, 1.807) is 0 Å². The lowest BCUT2D eigenvalue weighted by Gasteiger charge is -2.19. The largest absolute Gasteiger partial charge is 0.371 e. The van der Waals surface area contributed by atoms with E-state index in [9.17, 15) is 0 Å². The van der Waals surface area contributed by atoms with Crippen LogP contribution in [0.4, 0.5) is 11.5 Å². The van der Waals surface area contributed by atoms with Crippen molar-refractivity contribution in [2.45, 2.75) is 13.3 Å². The average molecular weight is 346 g/mol. The molecule has 0 amide bonds. The maximum absolute atomic E-state index is 4.49. The van der Waals surface area contributed by atoms with E-state index in [-0.39, 0.29) is 0 Å². The lowest BCUT2D eigenvalue weighted by Crippen LogP contribution is -2.22. The number of nitrogens with zero attached hydrogens (tertiary/aromatic N) is 2. The summed E-state index contributed by atoms with van der Waals surface area (Å²) in [7, 11) is 0. The lowest BCUT2D eigenvalue weighted by atomic mass is 10.1. The summed E-state index contributed by atoms with van der Waals surface area (Å²) < 4.78 is 1.13. The number of aryl methyl sites for hydroxylation is 1. The summed E-state index contributed by atoms with van der Waals surface area (Å²) in [5, 5.41) is 3.46. The first-order valence-corrected chi connectivity index (χ1v) is 8.18. The van der Waals surface area contributed by atoms with Crippen LogP contribution in [0.5, 0.6) is 0 Å². The minimum atomic E-state index is 0.677. The molecule has 1 aliphatic rings. The number of pyridine rings is 1. The molecule has 21 heavy (non-hydrogen) atoms. The number of hydrogen-bond donors (Lipinski definition) is 1. The van der Waals surface area contributed by atoms with E-state index in [2.05, 4.69) is 55.4 Å². The Balaban J connectivity index is 1.54. The normalized spacial score (nSPS) is 18.0. The highest BCUT2D eigenvalue weighted by Crippen LogP contribution is 2.25. The van der Waals surface area contributed by atoms with Crippen LogP contribution in [0.2, 0.25) is 0 Å². The van der Waals surface area contributed by atoms with Crippen LogP contribution in [0.25, 0.3) is 0 Å². The Morgan fingerprint density at radius 2 is 2.05 bits per heavy atom. The Morgan fingerprint density at radius 1 is 1.24 bits per heavy atom. The van der Waals surface area contributed by atoms with E-state index in [0.717, 1.165) is 35.6 Å². The van der Waals surface area contributed by atoms with E-state index in [4.69, 9.17) is 0 Å². The van der Waals surface area contributed by atoms with Crippen molar-refractivity contribution in [1.82, 2.24) is 4.98 Å². The third-order valence-electron chi connectivity index (χ3n) is 3.94. The predicted octanol–water partition coefficient (Wildman–Crippen LogP) is 4.09. The molecule has 0 aliphatic carbocycles. The number of halogens is 1. The van der Waals surface area contributed by atoms with Crippen LogP contribution >= 0.6 is 15.9 Å². The Labute approximate surface area is 134 Å². The summed E-state index contributed by atoms with van der Waals surface area (Å²) in [6.45, 7) is 5.26. The predicted molar refractivity (Wildman–Crippen MR) is 91.9 cm³/mol. The van der Waals surface area contributed by atoms with E-state index in [1.165, 1.54) is 12.1 Å². The highest BCUT2D eigenvalue weighted by Gasteiger charge is 2.22. The molecule has 3 nitrogen and oxygen atoms in total. The molecule has 1 N–H and O–H groups in total. The first-order chi connectivity index (χ1) is 10.2. The van der Waals surface area contributed by atoms with Crippen molar-refractivity contribution >= 4 is 27.4 Å². The van der Waals surface area contributed by atoms with Gasteiger partial charge in [-0.1, -0.05) is 22.0 Å². The van der Waals surface area contributed by atoms with Gasteiger partial charge in [-0.05, 0) is 55.7 Å². The number of aromatic nitrogens is 1. The van der Waals surface area contributed by atoms with Crippen molar-refractivity contribution in [2.75, 3.05) is 29.9 Å². The fourth-order valence-corrected chi connectivity index (χ4v) is 3.04. The summed E-state index contributed by atoms with van der Waals surface area (Å²) in [6.07, 6.45) is 1.23. The molecule has 2 heterocycles. The molecule has 1 aromatic heterocycles. The second-order valence-corrected chi connectivity index (χ2v) is 6.54. The molecular formula is C17H20BrN3. The van der Waals surface area contributed by atoms with Crippen molar-refractivity contribution in [3.05, 3.63) is 52.6 Å². The Morgan fingerprint density at radius 3 is 2.81 bits per heavy atom. The van der Waals surface area contributed by atoms with Crippen LogP contribution in [0.1, 0.15) is 12.1 Å². The third-order valence-corrected chi connectivity index (χ3v) is 4.47. The minimum Gasteiger partial charge on any atom is -0.371 e. The molecule has 1 atom stereocenters. The molecule has 0 bridgehead atoms. The van der Waals surface area contributed by atoms with Crippen LogP contribution in [-0.2, 0) is 0 Å². The minimum absolute atomic E-state index is 0.677. The number of rotatable bonds is 4. The molecule has 110 valence electrons. The fourth-order valence-electron chi connectivity index (χ4n) is 2.78. The molecule has 2 aromatic rings. The summed E-state index contributed by atoms with van der Waals surface area (Å²) in [5.41, 5.74) is 2.37. The summed E-state index contributed by atoms with van der Waals surface area (Å²) >= 11 is 3.49. The Bertz CT molecular complexity index is 597. The van der Waals surface area contributed by atoms with Crippen molar-refractivity contribution in [1.29, 1.82) is 0 Å². The van der Waals surface area contributed by atoms with E-state index in [1.807, 2.05) is 25.1 Å². The van der Waals surface area contributed by atoms with Gasteiger partial charge in [-0.25, -0.2) is 4.98 Å². The lowest BCUT2D eigenvalue weighted by molar-refractivity contribution is 0.621. The molecular weight excluding hydrogens is 326 g/mol. The van der Waals surface area contributed by atoms with Gasteiger partial charge in [-0.15, -0.1) is 0 Å². The van der Waals surface area contributed by atoms with Crippen molar-refractivity contribution < 1.29 is 0 Å². The molecule has 0 radical (unpaired) electrons. The molecule has 0 spiro atoms. The standard InChI is InChI=1S/C17H20BrN3/c1-13-3-2-4-17(20-13)19-11-14-9-10-21(12-14)16-7-5-15(18)6-8-16/h2-8,14H,9-12H2,1H3,(H,19,20). The number of nitrogens with one attached hydrogen (secondary N) is 1. The average Bonchev–Trinajstić information content (AvgIpc) is 2.95. The molecule has 3 rings (SSSR count). The molecule has 4 heteroatoms. The summed E-state index contributed by atoms with van der Waals surface area (Å²) in [4.78, 5) is 6.95. The molecule has 0 saturated carbocycles. The Hall–Kier alpha value is -1.55. The smallest absolute Gasteiger partial charge is 0.126 e. The molecule has 1 aliphatic heterocycles. The van der Waals surface area contributed by atoms with Crippen LogP contribution in [0.3, 0.4) is 0 Å². The van der Waals surface area contributed by atoms with Gasteiger partial charge in [0.15, 0.2) is 0 Å². The van der Waals surface area contributed by atoms with Gasteiger partial charge in [0.05, 0.1) is 0 Å². The molecule has 1 aromatic carbocycles. The number of hydrogen-bond acceptors (Lipinski definition) is 3. The van der Waals surface area contributed by atoms with Crippen LogP contribution in [-0.4, -0.2) is 24.6 Å². The van der Waals surface area contributed by atoms with Crippen LogP contribution < -0.4 is 10.2 Å². The van der Waals surface area contributed by atoms with Gasteiger partial charge in [0, 0.05) is 35.5 Å². The van der Waals surface area contributed by atoms with Gasteiger partial charge in [0.25, 0.3) is 0 Å². The first-order valence-electron chi connectivity index (χ1n) is 7.39. The van der Waals surface area contributed by atoms with Crippen molar-refractivity contribution in [3.8, 4) is 0 Å². The second kappa shape index (κ2) is 6.48. The highest BCUT2D eigenvalue weighted by atomic mass is 79.9. The molecule has 1 unspecified atom stereocenters. The maximum Gasteiger partial charge on any atom is 0.126 e. The van der Waals surface area contributed by atoms with E-state index < -0.39 is 0 Å². The van der Waals surface area contributed by atoms with Crippen molar-refractivity contribution in [3.63, 3.8) is 0 Å². The summed E-state index contributed by atoms with van der Waals surface area (Å²) in [5.74, 6) is 1.66. The zero-order valence-corrected chi connectivity index (χ0v) is 13.8. The van der Waals surface area contributed by atoms with Gasteiger partial charge in [0.1, 0.15) is 5.82 Å². The topological polar surface area (TPSA) is 28.2 Å². The quantitative estimate of drug-likeness (QED) is 0.904. The second-order valence-electron chi connectivity index (χ2n) is 5.62. The highest BCUT2D eigenvalue weighted by molar-refractivity contribution is 9.10. The van der Waals surface area contributed by atoms with Gasteiger partial charge in [-0.3, -0.25) is 0 Å². The third kappa shape index (κ3) is 3.76. The van der Waals surface area contributed by atoms with Gasteiger partial charge in [-0.2, -0.15) is 0 Å². The maximum atomic E-state index is 4.49. The van der Waals surface area contributed by atoms with Gasteiger partial charge >= 0.3 is 0 Å². The Kier molecular flexibility index (Phi) is 4.44.